The molecule has 0 saturated carbocycles. The molecule has 0 saturated heterocycles. The van der Waals surface area contributed by atoms with Crippen LogP contribution in [0, 0.1) is 0 Å². The number of carbonyl (C=O) groups excluding carboxylic acids is 1. The summed E-state index contributed by atoms with van der Waals surface area (Å²) in [5.74, 6) is -0.0228. The van der Waals surface area contributed by atoms with Gasteiger partial charge in [-0.15, -0.1) is 0 Å². The predicted molar refractivity (Wildman–Crippen MR) is 74.5 cm³/mol. The van der Waals surface area contributed by atoms with Crippen LogP contribution in [0.25, 0.3) is 0 Å². The Balaban J connectivity index is 2.65. The molecule has 0 atom stereocenters. The summed E-state index contributed by atoms with van der Waals surface area (Å²) in [4.78, 5) is 11.0. The molecule has 0 aromatic carbocycles. The van der Waals surface area contributed by atoms with Crippen LogP contribution in [0.3, 0.4) is 0 Å². The molecule has 0 unspecified atom stereocenters. The van der Waals surface area contributed by atoms with Crippen LogP contribution in [-0.4, -0.2) is 49.6 Å². The fourth-order valence-corrected chi connectivity index (χ4v) is 2.22. The van der Waals surface area contributed by atoms with Crippen LogP contribution in [0.15, 0.2) is 6.07 Å². The molecule has 1 aromatic heterocycles. The van der Waals surface area contributed by atoms with Crippen LogP contribution in [0.2, 0.25) is 0 Å². The minimum atomic E-state index is -3.74. The average molecular weight is 304 g/mol. The Morgan fingerprint density at radius 1 is 1.55 bits per heavy atom. The summed E-state index contributed by atoms with van der Waals surface area (Å²) < 4.78 is 31.8. The highest BCUT2D eigenvalue weighted by atomic mass is 32.2. The largest absolute Gasteiger partial charge is 0.469 e. The zero-order chi connectivity index (χ0) is 15.3. The molecule has 0 amide bonds. The molecule has 1 aromatic rings. The Hall–Kier alpha value is -1.61. The summed E-state index contributed by atoms with van der Waals surface area (Å²) in [7, 11) is -1.10. The second kappa shape index (κ2) is 6.71. The lowest BCUT2D eigenvalue weighted by molar-refractivity contribution is -0.140. The van der Waals surface area contributed by atoms with Crippen molar-refractivity contribution in [3.8, 4) is 0 Å². The van der Waals surface area contributed by atoms with E-state index in [-0.39, 0.29) is 24.7 Å². The SMILES string of the molecule is COC(=O)CCN(C)S(=O)(=O)Nc1cc(C(C)C)[nH]n1. The van der Waals surface area contributed by atoms with Crippen LogP contribution in [0.4, 0.5) is 5.82 Å². The molecule has 0 bridgehead atoms. The van der Waals surface area contributed by atoms with Gasteiger partial charge in [-0.25, -0.2) is 0 Å². The summed E-state index contributed by atoms with van der Waals surface area (Å²) >= 11 is 0. The zero-order valence-corrected chi connectivity index (χ0v) is 12.8. The monoisotopic (exact) mass is 304 g/mol. The first kappa shape index (κ1) is 16.4. The number of nitrogens with one attached hydrogen (secondary N) is 2. The van der Waals surface area contributed by atoms with Gasteiger partial charge in [-0.1, -0.05) is 13.8 Å². The number of aromatic nitrogens is 2. The molecular formula is C11H20N4O4S. The second-order valence-corrected chi connectivity index (χ2v) is 6.40. The Morgan fingerprint density at radius 3 is 2.70 bits per heavy atom. The van der Waals surface area contributed by atoms with Gasteiger partial charge in [0.25, 0.3) is 0 Å². The second-order valence-electron chi connectivity index (χ2n) is 4.62. The number of methoxy groups -OCH3 is 1. The normalized spacial score (nSPS) is 11.9. The lowest BCUT2D eigenvalue weighted by atomic mass is 10.1. The molecular weight excluding hydrogens is 284 g/mol. The number of hydrogen-bond acceptors (Lipinski definition) is 5. The van der Waals surface area contributed by atoms with E-state index in [2.05, 4.69) is 19.7 Å². The lowest BCUT2D eigenvalue weighted by Crippen LogP contribution is -2.34. The first-order chi connectivity index (χ1) is 9.26. The quantitative estimate of drug-likeness (QED) is 0.721. The molecule has 1 heterocycles. The van der Waals surface area contributed by atoms with Gasteiger partial charge in [0.2, 0.25) is 0 Å². The maximum absolute atomic E-state index is 12.0. The van der Waals surface area contributed by atoms with Gasteiger partial charge in [0.15, 0.2) is 5.82 Å². The molecule has 0 radical (unpaired) electrons. The van der Waals surface area contributed by atoms with E-state index in [4.69, 9.17) is 0 Å². The summed E-state index contributed by atoms with van der Waals surface area (Å²) in [5, 5.41) is 6.64. The molecule has 0 fully saturated rings. The van der Waals surface area contributed by atoms with Crippen LogP contribution < -0.4 is 4.72 Å². The number of aromatic amines is 1. The van der Waals surface area contributed by atoms with E-state index >= 15 is 0 Å². The van der Waals surface area contributed by atoms with E-state index in [0.29, 0.717) is 0 Å². The fourth-order valence-electron chi connectivity index (χ4n) is 1.37. The van der Waals surface area contributed by atoms with Gasteiger partial charge >= 0.3 is 16.2 Å². The molecule has 9 heteroatoms. The molecule has 2 N–H and O–H groups in total. The van der Waals surface area contributed by atoms with E-state index in [0.717, 1.165) is 10.00 Å². The topological polar surface area (TPSA) is 104 Å². The first-order valence-electron chi connectivity index (χ1n) is 6.12. The Labute approximate surface area is 118 Å². The van der Waals surface area contributed by atoms with Gasteiger partial charge in [-0.2, -0.15) is 17.8 Å². The van der Waals surface area contributed by atoms with Gasteiger partial charge in [-0.3, -0.25) is 14.6 Å². The average Bonchev–Trinajstić information content (AvgIpc) is 2.83. The van der Waals surface area contributed by atoms with Gasteiger partial charge in [-0.05, 0) is 5.92 Å². The van der Waals surface area contributed by atoms with E-state index in [1.807, 2.05) is 13.8 Å². The summed E-state index contributed by atoms with van der Waals surface area (Å²) in [6.45, 7) is 3.96. The molecule has 114 valence electrons. The fraction of sp³-hybridized carbons (Fsp3) is 0.636. The molecule has 0 aliphatic heterocycles. The lowest BCUT2D eigenvalue weighted by Gasteiger charge is -2.16. The number of esters is 1. The van der Waals surface area contributed by atoms with Crippen LogP contribution >= 0.6 is 0 Å². The van der Waals surface area contributed by atoms with Crippen molar-refractivity contribution in [2.75, 3.05) is 25.4 Å². The van der Waals surface area contributed by atoms with Crippen LogP contribution in [0.1, 0.15) is 31.9 Å². The van der Waals surface area contributed by atoms with Crippen LogP contribution in [-0.2, 0) is 19.7 Å². The van der Waals surface area contributed by atoms with Gasteiger partial charge in [0, 0.05) is 25.4 Å². The summed E-state index contributed by atoms with van der Waals surface area (Å²) in [6, 6.07) is 1.64. The van der Waals surface area contributed by atoms with Crippen molar-refractivity contribution in [2.24, 2.45) is 0 Å². The highest BCUT2D eigenvalue weighted by Crippen LogP contribution is 2.16. The Kier molecular flexibility index (Phi) is 5.52. The molecule has 1 rings (SSSR count). The van der Waals surface area contributed by atoms with Crippen molar-refractivity contribution >= 4 is 22.0 Å². The predicted octanol–water partition coefficient (Wildman–Crippen LogP) is 0.685. The molecule has 0 aliphatic carbocycles. The van der Waals surface area contributed by atoms with E-state index in [1.54, 1.807) is 6.07 Å². The number of H-pyrrole nitrogens is 1. The van der Waals surface area contributed by atoms with Crippen LogP contribution in [0.5, 0.6) is 0 Å². The number of anilines is 1. The minimum absolute atomic E-state index is 0.00821. The van der Waals surface area contributed by atoms with Crippen molar-refractivity contribution in [3.63, 3.8) is 0 Å². The van der Waals surface area contributed by atoms with Crippen molar-refractivity contribution in [1.82, 2.24) is 14.5 Å². The summed E-state index contributed by atoms with van der Waals surface area (Å²) in [5.41, 5.74) is 0.833. The van der Waals surface area contributed by atoms with Gasteiger partial charge in [0.1, 0.15) is 0 Å². The highest BCUT2D eigenvalue weighted by molar-refractivity contribution is 7.90. The number of nitrogens with zero attached hydrogens (tertiary/aromatic N) is 2. The zero-order valence-electron chi connectivity index (χ0n) is 12.0. The maximum Gasteiger partial charge on any atom is 0.306 e. The number of ether oxygens (including phenoxy) is 1. The van der Waals surface area contributed by atoms with Crippen molar-refractivity contribution in [3.05, 3.63) is 11.8 Å². The third-order valence-electron chi connectivity index (χ3n) is 2.72. The smallest absolute Gasteiger partial charge is 0.306 e. The molecule has 0 spiro atoms. The Bertz CT molecular complexity index is 553. The number of carbonyl (C=O) groups is 1. The molecule has 20 heavy (non-hydrogen) atoms. The molecule has 8 nitrogen and oxygen atoms in total. The van der Waals surface area contributed by atoms with E-state index < -0.39 is 16.2 Å². The standard InChI is InChI=1S/C11H20N4O4S/c1-8(2)9-7-10(13-12-9)14-20(17,18)15(3)6-5-11(16)19-4/h7-8H,5-6H2,1-4H3,(H2,12,13,14). The van der Waals surface area contributed by atoms with Gasteiger partial charge < -0.3 is 4.74 Å². The highest BCUT2D eigenvalue weighted by Gasteiger charge is 2.20. The summed E-state index contributed by atoms with van der Waals surface area (Å²) in [6.07, 6.45) is -0.00821. The van der Waals surface area contributed by atoms with E-state index in [9.17, 15) is 13.2 Å². The third-order valence-corrected chi connectivity index (χ3v) is 4.19. The van der Waals surface area contributed by atoms with Crippen molar-refractivity contribution in [2.45, 2.75) is 26.2 Å². The van der Waals surface area contributed by atoms with Crippen molar-refractivity contribution < 1.29 is 17.9 Å². The Morgan fingerprint density at radius 2 is 2.20 bits per heavy atom. The number of rotatable bonds is 7. The number of hydrogen-bond donors (Lipinski definition) is 2. The van der Waals surface area contributed by atoms with E-state index in [1.165, 1.54) is 14.2 Å². The minimum Gasteiger partial charge on any atom is -0.469 e. The third kappa shape index (κ3) is 4.49. The maximum atomic E-state index is 12.0. The first-order valence-corrected chi connectivity index (χ1v) is 7.56. The van der Waals surface area contributed by atoms with Crippen molar-refractivity contribution in [1.29, 1.82) is 0 Å². The molecule has 0 aliphatic rings. The van der Waals surface area contributed by atoms with Gasteiger partial charge in [0.05, 0.1) is 13.5 Å².